The summed E-state index contributed by atoms with van der Waals surface area (Å²) in [6.45, 7) is 5.37. The van der Waals surface area contributed by atoms with E-state index < -0.39 is 11.9 Å². The molecule has 0 bridgehead atoms. The van der Waals surface area contributed by atoms with Crippen LogP contribution < -0.4 is 11.1 Å². The number of rotatable bonds is 6. The van der Waals surface area contributed by atoms with E-state index in [4.69, 9.17) is 22.1 Å². The van der Waals surface area contributed by atoms with Crippen molar-refractivity contribution >= 4 is 29.3 Å². The zero-order valence-corrected chi connectivity index (χ0v) is 16.5. The number of benzene rings is 1. The van der Waals surface area contributed by atoms with Crippen LogP contribution in [-0.4, -0.2) is 24.3 Å². The summed E-state index contributed by atoms with van der Waals surface area (Å²) in [6, 6.07) is 7.22. The predicted molar refractivity (Wildman–Crippen MR) is 106 cm³/mol. The summed E-state index contributed by atoms with van der Waals surface area (Å²) in [4.78, 5) is 28.7. The number of carbonyl (C=O) groups is 2. The molecule has 2 rings (SSSR count). The highest BCUT2D eigenvalue weighted by Crippen LogP contribution is 2.41. The van der Waals surface area contributed by atoms with Gasteiger partial charge in [0.15, 0.2) is 0 Å². The number of allylic oxidation sites excluding steroid dienone is 1. The van der Waals surface area contributed by atoms with Crippen molar-refractivity contribution < 1.29 is 14.3 Å². The molecule has 0 spiro atoms. The molecule has 1 heterocycles. The summed E-state index contributed by atoms with van der Waals surface area (Å²) in [7, 11) is 0. The van der Waals surface area contributed by atoms with Gasteiger partial charge in [0.25, 0.3) is 0 Å². The maximum atomic E-state index is 12.8. The first kappa shape index (κ1) is 20.7. The Morgan fingerprint density at radius 2 is 2.04 bits per heavy atom. The first-order valence-corrected chi connectivity index (χ1v) is 9.24. The number of carbonyl (C=O) groups excluding carboxylic acids is 2. The molecule has 0 fully saturated rings. The molecule has 0 aromatic heterocycles. The van der Waals surface area contributed by atoms with Gasteiger partial charge in [-0.1, -0.05) is 43.1 Å². The molecule has 6 nitrogen and oxygen atoms in total. The fourth-order valence-electron chi connectivity index (χ4n) is 2.98. The van der Waals surface area contributed by atoms with Crippen LogP contribution in [0.1, 0.15) is 45.1 Å². The second-order valence-corrected chi connectivity index (χ2v) is 6.49. The molecule has 1 aromatic rings. The van der Waals surface area contributed by atoms with Crippen LogP contribution in [0.2, 0.25) is 5.02 Å². The van der Waals surface area contributed by atoms with Gasteiger partial charge in [-0.2, -0.15) is 0 Å². The molecule has 3 N–H and O–H groups in total. The summed E-state index contributed by atoms with van der Waals surface area (Å²) < 4.78 is 5.29. The average molecular weight is 390 g/mol. The van der Waals surface area contributed by atoms with Crippen molar-refractivity contribution in [3.8, 4) is 0 Å². The van der Waals surface area contributed by atoms with Crippen molar-refractivity contribution in [1.82, 2.24) is 5.32 Å². The summed E-state index contributed by atoms with van der Waals surface area (Å²) in [5.41, 5.74) is 8.38. The van der Waals surface area contributed by atoms with Gasteiger partial charge >= 0.3 is 5.97 Å². The highest BCUT2D eigenvalue weighted by Gasteiger charge is 2.36. The fraction of sp³-hybridized carbons (Fsp3) is 0.350. The maximum Gasteiger partial charge on any atom is 0.336 e. The van der Waals surface area contributed by atoms with Crippen molar-refractivity contribution in [1.29, 1.82) is 0 Å². The van der Waals surface area contributed by atoms with E-state index in [9.17, 15) is 9.59 Å². The molecule has 1 amide bonds. The molecule has 0 aliphatic carbocycles. The van der Waals surface area contributed by atoms with Crippen molar-refractivity contribution in [2.75, 3.05) is 6.61 Å². The number of aliphatic imine (C=N–C) groups is 1. The van der Waals surface area contributed by atoms with Gasteiger partial charge in [0, 0.05) is 29.6 Å². The van der Waals surface area contributed by atoms with Crippen LogP contribution in [0, 0.1) is 0 Å². The third kappa shape index (κ3) is 4.77. The Balaban J connectivity index is 2.73. The number of nitrogens with zero attached hydrogens (tertiary/aromatic N) is 1. The number of amidine groups is 1. The number of halogens is 1. The minimum absolute atomic E-state index is 0.237. The number of hydrogen-bond acceptors (Lipinski definition) is 5. The lowest BCUT2D eigenvalue weighted by Gasteiger charge is -2.29. The van der Waals surface area contributed by atoms with Gasteiger partial charge in [0.05, 0.1) is 17.9 Å². The van der Waals surface area contributed by atoms with Crippen LogP contribution in [0.3, 0.4) is 0 Å². The number of hydrogen-bond donors (Lipinski definition) is 2. The lowest BCUT2D eigenvalue weighted by molar-refractivity contribution is -0.138. The summed E-state index contributed by atoms with van der Waals surface area (Å²) in [5.74, 6) is -1.06. The van der Waals surface area contributed by atoms with Crippen LogP contribution in [0.5, 0.6) is 0 Å². The van der Waals surface area contributed by atoms with Gasteiger partial charge in [0.2, 0.25) is 5.91 Å². The number of amides is 1. The van der Waals surface area contributed by atoms with Crippen LogP contribution >= 0.6 is 11.6 Å². The van der Waals surface area contributed by atoms with E-state index in [-0.39, 0.29) is 18.3 Å². The van der Waals surface area contributed by atoms with Crippen LogP contribution in [0.25, 0.3) is 0 Å². The standard InChI is InChI=1S/C20H24ClN3O3/c1-4-8-16-18(20(26)27-5-2)17(13-9-6-7-10-15(13)21)14(19(22)24-16)11-23-12(3)25/h6-7,9-11,17H,4-5,8H2,1-3H3,(H2,22,24)(H,23,25)/b14-11-. The zero-order valence-electron chi connectivity index (χ0n) is 15.7. The number of nitrogens with one attached hydrogen (secondary N) is 1. The zero-order chi connectivity index (χ0) is 20.0. The van der Waals surface area contributed by atoms with Crippen molar-refractivity contribution in [2.45, 2.75) is 39.5 Å². The predicted octanol–water partition coefficient (Wildman–Crippen LogP) is 3.43. The summed E-state index contributed by atoms with van der Waals surface area (Å²) in [6.07, 6.45) is 2.84. The number of esters is 1. The van der Waals surface area contributed by atoms with E-state index in [1.165, 1.54) is 13.1 Å². The van der Waals surface area contributed by atoms with Crippen molar-refractivity contribution in [3.63, 3.8) is 0 Å². The van der Waals surface area contributed by atoms with E-state index in [1.807, 2.05) is 25.1 Å². The molecule has 144 valence electrons. The lowest BCUT2D eigenvalue weighted by Crippen LogP contribution is -2.31. The topological polar surface area (TPSA) is 93.8 Å². The minimum atomic E-state index is -0.580. The van der Waals surface area contributed by atoms with Crippen molar-refractivity contribution in [2.24, 2.45) is 10.7 Å². The first-order chi connectivity index (χ1) is 12.9. The summed E-state index contributed by atoms with van der Waals surface area (Å²) in [5, 5.41) is 3.11. The molecule has 0 saturated heterocycles. The highest BCUT2D eigenvalue weighted by atomic mass is 35.5. The quantitative estimate of drug-likeness (QED) is 0.729. The monoisotopic (exact) mass is 389 g/mol. The molecule has 27 heavy (non-hydrogen) atoms. The smallest absolute Gasteiger partial charge is 0.336 e. The molecule has 7 heteroatoms. The van der Waals surface area contributed by atoms with Gasteiger partial charge in [0.1, 0.15) is 5.84 Å². The van der Waals surface area contributed by atoms with Crippen LogP contribution in [0.4, 0.5) is 0 Å². The van der Waals surface area contributed by atoms with Gasteiger partial charge in [-0.15, -0.1) is 0 Å². The van der Waals surface area contributed by atoms with E-state index in [1.54, 1.807) is 13.0 Å². The Morgan fingerprint density at radius 1 is 1.33 bits per heavy atom. The number of nitrogens with two attached hydrogens (primary N) is 1. The molecule has 0 radical (unpaired) electrons. The largest absolute Gasteiger partial charge is 0.463 e. The van der Waals surface area contributed by atoms with Crippen LogP contribution in [-0.2, 0) is 14.3 Å². The van der Waals surface area contributed by atoms with Crippen LogP contribution in [0.15, 0.2) is 52.3 Å². The van der Waals surface area contributed by atoms with E-state index >= 15 is 0 Å². The normalized spacial score (nSPS) is 18.3. The van der Waals surface area contributed by atoms with Gasteiger partial charge < -0.3 is 15.8 Å². The maximum absolute atomic E-state index is 12.8. The molecular weight excluding hydrogens is 366 g/mol. The van der Waals surface area contributed by atoms with Gasteiger partial charge in [-0.25, -0.2) is 9.79 Å². The molecule has 1 unspecified atom stereocenters. The first-order valence-electron chi connectivity index (χ1n) is 8.86. The van der Waals surface area contributed by atoms with Crippen molar-refractivity contribution in [3.05, 3.63) is 57.9 Å². The molecule has 1 aliphatic heterocycles. The van der Waals surface area contributed by atoms with Gasteiger partial charge in [-0.3, -0.25) is 4.79 Å². The molecular formula is C20H24ClN3O3. The second kappa shape index (κ2) is 9.37. The average Bonchev–Trinajstić information content (AvgIpc) is 2.61. The SMILES string of the molecule is CCCC1=C(C(=O)OCC)C(c2ccccc2Cl)/C(=C/NC(C)=O)C(N)=N1. The lowest BCUT2D eigenvalue weighted by atomic mass is 9.80. The Kier molecular flexibility index (Phi) is 7.19. The number of ether oxygens (including phenoxy) is 1. The Labute approximate surface area is 164 Å². The minimum Gasteiger partial charge on any atom is -0.463 e. The Bertz CT molecular complexity index is 828. The molecule has 0 saturated carbocycles. The van der Waals surface area contributed by atoms with Gasteiger partial charge in [-0.05, 0) is 25.0 Å². The third-order valence-electron chi connectivity index (χ3n) is 4.09. The molecule has 1 aliphatic rings. The fourth-order valence-corrected chi connectivity index (χ4v) is 3.23. The van der Waals surface area contributed by atoms with E-state index in [2.05, 4.69) is 10.3 Å². The highest BCUT2D eigenvalue weighted by molar-refractivity contribution is 6.31. The third-order valence-corrected chi connectivity index (χ3v) is 4.44. The van der Waals surface area contributed by atoms with E-state index in [0.717, 1.165) is 6.42 Å². The van der Waals surface area contributed by atoms with E-state index in [0.29, 0.717) is 33.9 Å². The second-order valence-electron chi connectivity index (χ2n) is 6.08. The Morgan fingerprint density at radius 3 is 2.63 bits per heavy atom. The summed E-state index contributed by atoms with van der Waals surface area (Å²) >= 11 is 6.44. The Hall–Kier alpha value is -2.60. The molecule has 1 aromatic carbocycles. The molecule has 1 atom stereocenters.